The van der Waals surface area contributed by atoms with Gasteiger partial charge in [-0.2, -0.15) is 0 Å². The molecule has 1 aromatic heterocycles. The van der Waals surface area contributed by atoms with Crippen molar-refractivity contribution in [3.63, 3.8) is 0 Å². The van der Waals surface area contributed by atoms with Crippen molar-refractivity contribution < 1.29 is 24.3 Å². The molecular formula is C9H8N2O5. The Morgan fingerprint density at radius 2 is 2.19 bits per heavy atom. The van der Waals surface area contributed by atoms with Gasteiger partial charge in [0, 0.05) is 6.20 Å². The molecule has 0 aliphatic heterocycles. The van der Waals surface area contributed by atoms with Crippen LogP contribution in [0.3, 0.4) is 0 Å². The molecule has 0 radical (unpaired) electrons. The Morgan fingerprint density at radius 3 is 2.69 bits per heavy atom. The van der Waals surface area contributed by atoms with Gasteiger partial charge in [0.25, 0.3) is 0 Å². The average Bonchev–Trinajstić information content (AvgIpc) is 2.30. The normalized spacial score (nSPS) is 10.7. The summed E-state index contributed by atoms with van der Waals surface area (Å²) in [7, 11) is 1.08. The third-order valence-electron chi connectivity index (χ3n) is 1.49. The van der Waals surface area contributed by atoms with Crippen LogP contribution in [0.1, 0.15) is 5.69 Å². The fraction of sp³-hybridized carbons (Fsp3) is 0.111. The Morgan fingerprint density at radius 1 is 1.44 bits per heavy atom. The third-order valence-corrected chi connectivity index (χ3v) is 1.49. The lowest BCUT2D eigenvalue weighted by atomic mass is 10.2. The molecule has 16 heavy (non-hydrogen) atoms. The van der Waals surface area contributed by atoms with Crippen LogP contribution in [0.25, 0.3) is 0 Å². The van der Waals surface area contributed by atoms with E-state index < -0.39 is 17.8 Å². The van der Waals surface area contributed by atoms with Crippen LogP contribution in [0.2, 0.25) is 0 Å². The van der Waals surface area contributed by atoms with E-state index in [9.17, 15) is 9.59 Å². The molecule has 0 saturated carbocycles. The molecule has 0 fully saturated rings. The third kappa shape index (κ3) is 3.05. The standard InChI is InChI=1S/C9H8N2O5/c1-15-9(14)16-11-7(8(12)13)6-4-2-3-5-10-6/h2-5H,1H3,(H,12,13)/b11-7-. The molecule has 0 aromatic carbocycles. The van der Waals surface area contributed by atoms with Crippen molar-refractivity contribution in [2.75, 3.05) is 7.11 Å². The number of aromatic nitrogens is 1. The first-order valence-corrected chi connectivity index (χ1v) is 4.13. The number of pyridine rings is 1. The molecule has 0 spiro atoms. The molecule has 7 nitrogen and oxygen atoms in total. The van der Waals surface area contributed by atoms with Gasteiger partial charge in [-0.3, -0.25) is 9.82 Å². The van der Waals surface area contributed by atoms with Gasteiger partial charge in [-0.25, -0.2) is 9.59 Å². The van der Waals surface area contributed by atoms with Gasteiger partial charge < -0.3 is 9.84 Å². The Labute approximate surface area is 90.3 Å². The number of nitrogens with zero attached hydrogens (tertiary/aromatic N) is 2. The second kappa shape index (κ2) is 5.44. The molecule has 0 saturated heterocycles. The molecule has 0 bridgehead atoms. The number of carbonyl (C=O) groups is 2. The number of carbonyl (C=O) groups excluding carboxylic acids is 1. The van der Waals surface area contributed by atoms with E-state index in [0.29, 0.717) is 0 Å². The highest BCUT2D eigenvalue weighted by molar-refractivity contribution is 6.41. The van der Waals surface area contributed by atoms with Crippen LogP contribution >= 0.6 is 0 Å². The number of aliphatic carboxylic acids is 1. The number of hydrogen-bond donors (Lipinski definition) is 1. The van der Waals surface area contributed by atoms with Crippen molar-refractivity contribution in [1.82, 2.24) is 4.98 Å². The van der Waals surface area contributed by atoms with Crippen molar-refractivity contribution in [1.29, 1.82) is 0 Å². The van der Waals surface area contributed by atoms with Gasteiger partial charge in [-0.15, -0.1) is 0 Å². The summed E-state index contributed by atoms with van der Waals surface area (Å²) < 4.78 is 4.13. The summed E-state index contributed by atoms with van der Waals surface area (Å²) in [6.07, 6.45) is 0.293. The van der Waals surface area contributed by atoms with E-state index in [0.717, 1.165) is 7.11 Å². The van der Waals surface area contributed by atoms with E-state index in [1.54, 1.807) is 12.1 Å². The van der Waals surface area contributed by atoms with Gasteiger partial charge in [-0.1, -0.05) is 11.2 Å². The van der Waals surface area contributed by atoms with E-state index in [4.69, 9.17) is 5.11 Å². The maximum absolute atomic E-state index is 10.8. The fourth-order valence-corrected chi connectivity index (χ4v) is 0.818. The van der Waals surface area contributed by atoms with Crippen LogP contribution in [-0.4, -0.2) is 35.0 Å². The summed E-state index contributed by atoms with van der Waals surface area (Å²) in [5.41, 5.74) is -0.398. The first-order chi connectivity index (χ1) is 7.65. The number of oxime groups is 1. The van der Waals surface area contributed by atoms with Crippen LogP contribution in [0.15, 0.2) is 29.6 Å². The second-order valence-electron chi connectivity index (χ2n) is 2.51. The van der Waals surface area contributed by atoms with E-state index in [2.05, 4.69) is 19.7 Å². The average molecular weight is 224 g/mol. The molecule has 1 N–H and O–H groups in total. The number of rotatable bonds is 3. The van der Waals surface area contributed by atoms with Crippen LogP contribution < -0.4 is 0 Å². The summed E-state index contributed by atoms with van der Waals surface area (Å²) >= 11 is 0. The topological polar surface area (TPSA) is 98.1 Å². The highest BCUT2D eigenvalue weighted by atomic mass is 16.8. The Kier molecular flexibility index (Phi) is 3.96. The number of carboxylic acids is 1. The highest BCUT2D eigenvalue weighted by Gasteiger charge is 2.15. The van der Waals surface area contributed by atoms with Crippen molar-refractivity contribution >= 4 is 17.8 Å². The van der Waals surface area contributed by atoms with Gasteiger partial charge in [0.15, 0.2) is 0 Å². The summed E-state index contributed by atoms with van der Waals surface area (Å²) in [5.74, 6) is -1.36. The molecule has 7 heteroatoms. The summed E-state index contributed by atoms with van der Waals surface area (Å²) in [4.78, 5) is 29.3. The quantitative estimate of drug-likeness (QED) is 0.350. The predicted molar refractivity (Wildman–Crippen MR) is 51.9 cm³/mol. The zero-order valence-electron chi connectivity index (χ0n) is 8.28. The Balaban J connectivity index is 2.92. The van der Waals surface area contributed by atoms with E-state index >= 15 is 0 Å². The molecule has 0 aliphatic rings. The molecule has 0 atom stereocenters. The maximum atomic E-state index is 10.8. The number of hydrogen-bond acceptors (Lipinski definition) is 6. The van der Waals surface area contributed by atoms with Crippen molar-refractivity contribution in [2.24, 2.45) is 5.16 Å². The molecule has 1 heterocycles. The largest absolute Gasteiger partial charge is 0.534 e. The van der Waals surface area contributed by atoms with E-state index in [1.807, 2.05) is 0 Å². The smallest absolute Gasteiger partial charge is 0.476 e. The summed E-state index contributed by atoms with van der Waals surface area (Å²) in [6.45, 7) is 0. The van der Waals surface area contributed by atoms with Gasteiger partial charge in [0.1, 0.15) is 0 Å². The van der Waals surface area contributed by atoms with Crippen LogP contribution in [-0.2, 0) is 14.4 Å². The van der Waals surface area contributed by atoms with Crippen molar-refractivity contribution in [3.05, 3.63) is 30.1 Å². The Bertz CT molecular complexity index is 415. The second-order valence-corrected chi connectivity index (χ2v) is 2.51. The zero-order valence-corrected chi connectivity index (χ0v) is 8.28. The number of carboxylic acid groups (broad SMARTS) is 1. The minimum absolute atomic E-state index is 0.0823. The fourth-order valence-electron chi connectivity index (χ4n) is 0.818. The number of methoxy groups -OCH3 is 1. The first kappa shape index (κ1) is 11.6. The SMILES string of the molecule is COC(=O)O/N=C(\C(=O)O)c1ccccn1. The van der Waals surface area contributed by atoms with E-state index in [1.165, 1.54) is 12.3 Å². The minimum atomic E-state index is -1.36. The molecule has 0 aliphatic carbocycles. The molecule has 1 aromatic rings. The van der Waals surface area contributed by atoms with Crippen LogP contribution in [0, 0.1) is 0 Å². The van der Waals surface area contributed by atoms with Gasteiger partial charge in [0.2, 0.25) is 5.71 Å². The van der Waals surface area contributed by atoms with Crippen LogP contribution in [0.5, 0.6) is 0 Å². The lowest BCUT2D eigenvalue weighted by Crippen LogP contribution is -2.17. The molecule has 84 valence electrons. The highest BCUT2D eigenvalue weighted by Crippen LogP contribution is 1.98. The van der Waals surface area contributed by atoms with Crippen molar-refractivity contribution in [3.8, 4) is 0 Å². The molecule has 1 rings (SSSR count). The lowest BCUT2D eigenvalue weighted by Gasteiger charge is -1.99. The molecular weight excluding hydrogens is 216 g/mol. The van der Waals surface area contributed by atoms with Gasteiger partial charge in [-0.05, 0) is 12.1 Å². The van der Waals surface area contributed by atoms with Gasteiger partial charge in [0.05, 0.1) is 12.8 Å². The van der Waals surface area contributed by atoms with Gasteiger partial charge >= 0.3 is 12.1 Å². The maximum Gasteiger partial charge on any atom is 0.534 e. The Hall–Kier alpha value is -2.44. The summed E-state index contributed by atoms with van der Waals surface area (Å²) in [6, 6.07) is 4.62. The van der Waals surface area contributed by atoms with Crippen molar-refractivity contribution in [2.45, 2.75) is 0 Å². The lowest BCUT2D eigenvalue weighted by molar-refractivity contribution is -0.129. The summed E-state index contributed by atoms with van der Waals surface area (Å²) in [5, 5.41) is 12.0. The van der Waals surface area contributed by atoms with Crippen LogP contribution in [0.4, 0.5) is 4.79 Å². The molecule has 0 amide bonds. The first-order valence-electron chi connectivity index (χ1n) is 4.13. The molecule has 0 unspecified atom stereocenters. The zero-order chi connectivity index (χ0) is 12.0. The number of ether oxygens (including phenoxy) is 1. The van der Waals surface area contributed by atoms with E-state index in [-0.39, 0.29) is 5.69 Å². The minimum Gasteiger partial charge on any atom is -0.476 e. The predicted octanol–water partition coefficient (Wildman–Crippen LogP) is 0.653. The monoisotopic (exact) mass is 224 g/mol.